The smallest absolute Gasteiger partial charge is 0.255 e. The van der Waals surface area contributed by atoms with Crippen molar-refractivity contribution < 1.29 is 13.5 Å². The highest BCUT2D eigenvalue weighted by molar-refractivity contribution is 5.76. The first-order valence-corrected chi connectivity index (χ1v) is 4.99. The molecular weight excluding hydrogens is 224 g/mol. The minimum Gasteiger partial charge on any atom is -0.618 e. The van der Waals surface area contributed by atoms with Crippen LogP contribution in [0.1, 0.15) is 5.56 Å². The van der Waals surface area contributed by atoms with Gasteiger partial charge in [-0.05, 0) is 18.2 Å². The van der Waals surface area contributed by atoms with Crippen LogP contribution >= 0.6 is 0 Å². The third-order valence-electron chi connectivity index (χ3n) is 2.23. The van der Waals surface area contributed by atoms with Crippen molar-refractivity contribution in [2.24, 2.45) is 0 Å². The molecule has 0 heterocycles. The minimum atomic E-state index is -1.14. The molecule has 0 aliphatic heterocycles. The second kappa shape index (κ2) is 4.74. The second-order valence-electron chi connectivity index (χ2n) is 3.44. The van der Waals surface area contributed by atoms with Gasteiger partial charge in [0.1, 0.15) is 0 Å². The first kappa shape index (κ1) is 11.3. The molecule has 0 radical (unpaired) electrons. The molecule has 0 aliphatic rings. The van der Waals surface area contributed by atoms with Crippen molar-refractivity contribution in [2.75, 3.05) is 0 Å². The Hall–Kier alpha value is -2.23. The Bertz CT molecular complexity index is 553. The summed E-state index contributed by atoms with van der Waals surface area (Å²) in [5, 5.41) is 11.6. The van der Waals surface area contributed by atoms with Crippen LogP contribution in [-0.4, -0.2) is 11.0 Å². The predicted molar refractivity (Wildman–Crippen MR) is 61.3 cm³/mol. The van der Waals surface area contributed by atoms with Gasteiger partial charge in [0, 0.05) is 11.6 Å². The van der Waals surface area contributed by atoms with Crippen molar-refractivity contribution in [1.82, 2.24) is 0 Å². The molecule has 2 nitrogen and oxygen atoms in total. The summed E-state index contributed by atoms with van der Waals surface area (Å²) in [6, 6.07) is 12.2. The molecule has 2 rings (SSSR count). The first-order chi connectivity index (χ1) is 8.18. The normalized spacial score (nSPS) is 11.5. The van der Waals surface area contributed by atoms with Crippen LogP contribution in [0.15, 0.2) is 48.5 Å². The van der Waals surface area contributed by atoms with E-state index in [1.807, 2.05) is 0 Å². The number of rotatable bonds is 2. The lowest BCUT2D eigenvalue weighted by Crippen LogP contribution is -2.02. The Morgan fingerprint density at radius 1 is 0.941 bits per heavy atom. The fourth-order valence-corrected chi connectivity index (χ4v) is 1.41. The average Bonchev–Trinajstić information content (AvgIpc) is 2.34. The predicted octanol–water partition coefficient (Wildman–Crippen LogP) is 3.23. The number of hydrogen-bond acceptors (Lipinski definition) is 1. The lowest BCUT2D eigenvalue weighted by molar-refractivity contribution is -0.357. The molecule has 0 aliphatic carbocycles. The highest BCUT2D eigenvalue weighted by atomic mass is 19.2. The van der Waals surface area contributed by atoms with Gasteiger partial charge in [0.15, 0.2) is 12.0 Å². The van der Waals surface area contributed by atoms with E-state index in [-0.39, 0.29) is 5.69 Å². The highest BCUT2D eigenvalue weighted by Crippen LogP contribution is 2.18. The molecule has 86 valence electrons. The van der Waals surface area contributed by atoms with Crippen molar-refractivity contribution in [2.45, 2.75) is 0 Å². The van der Waals surface area contributed by atoms with Crippen LogP contribution in [-0.2, 0) is 0 Å². The number of benzene rings is 2. The van der Waals surface area contributed by atoms with Gasteiger partial charge in [0.05, 0.1) is 0 Å². The van der Waals surface area contributed by atoms with E-state index in [1.165, 1.54) is 18.3 Å². The van der Waals surface area contributed by atoms with E-state index in [1.54, 1.807) is 30.3 Å². The molecule has 0 N–H and O–H groups in total. The zero-order valence-electron chi connectivity index (χ0n) is 8.81. The summed E-state index contributed by atoms with van der Waals surface area (Å²) >= 11 is 0. The Morgan fingerprint density at radius 2 is 1.65 bits per heavy atom. The van der Waals surface area contributed by atoms with Crippen LogP contribution in [0.2, 0.25) is 0 Å². The molecule has 0 aromatic heterocycles. The molecule has 2 aromatic rings. The molecular formula is C13H9F2NO. The molecule has 0 amide bonds. The number of nitrogens with zero attached hydrogens (tertiary/aromatic N) is 1. The Morgan fingerprint density at radius 3 is 2.35 bits per heavy atom. The SMILES string of the molecule is [O-][N+](=Cc1ccccc1)c1cccc(F)c1F. The fourth-order valence-electron chi connectivity index (χ4n) is 1.41. The van der Waals surface area contributed by atoms with Gasteiger partial charge in [-0.3, -0.25) is 0 Å². The maximum atomic E-state index is 13.3. The van der Waals surface area contributed by atoms with Gasteiger partial charge < -0.3 is 5.21 Å². The molecule has 0 saturated heterocycles. The van der Waals surface area contributed by atoms with Crippen LogP contribution in [0.4, 0.5) is 14.5 Å². The van der Waals surface area contributed by atoms with E-state index in [2.05, 4.69) is 0 Å². The summed E-state index contributed by atoms with van der Waals surface area (Å²) < 4.78 is 26.6. The first-order valence-electron chi connectivity index (χ1n) is 4.99. The summed E-state index contributed by atoms with van der Waals surface area (Å²) in [6.07, 6.45) is 1.19. The monoisotopic (exact) mass is 233 g/mol. The number of halogens is 2. The van der Waals surface area contributed by atoms with Gasteiger partial charge >= 0.3 is 0 Å². The van der Waals surface area contributed by atoms with Gasteiger partial charge in [-0.2, -0.15) is 9.13 Å². The van der Waals surface area contributed by atoms with E-state index in [0.717, 1.165) is 6.07 Å². The second-order valence-corrected chi connectivity index (χ2v) is 3.44. The standard InChI is InChI=1S/C13H9F2NO/c14-11-7-4-8-12(13(11)15)16(17)9-10-5-2-1-3-6-10/h1-9H. The molecule has 4 heteroatoms. The fraction of sp³-hybridized carbons (Fsp3) is 0. The summed E-state index contributed by atoms with van der Waals surface area (Å²) in [7, 11) is 0. The van der Waals surface area contributed by atoms with Gasteiger partial charge in [-0.25, -0.2) is 4.39 Å². The largest absolute Gasteiger partial charge is 0.618 e. The highest BCUT2D eigenvalue weighted by Gasteiger charge is 2.14. The molecule has 0 unspecified atom stereocenters. The van der Waals surface area contributed by atoms with Gasteiger partial charge in [-0.1, -0.05) is 24.3 Å². The van der Waals surface area contributed by atoms with Crippen LogP contribution in [0.25, 0.3) is 0 Å². The molecule has 2 aromatic carbocycles. The molecule has 0 saturated carbocycles. The van der Waals surface area contributed by atoms with E-state index >= 15 is 0 Å². The third-order valence-corrected chi connectivity index (χ3v) is 2.23. The van der Waals surface area contributed by atoms with Crippen LogP contribution in [0, 0.1) is 16.8 Å². The van der Waals surface area contributed by atoms with E-state index < -0.39 is 11.6 Å². The van der Waals surface area contributed by atoms with E-state index in [4.69, 9.17) is 0 Å². The molecule has 0 atom stereocenters. The third kappa shape index (κ3) is 2.47. The van der Waals surface area contributed by atoms with Crippen molar-refractivity contribution in [3.63, 3.8) is 0 Å². The lowest BCUT2D eigenvalue weighted by Gasteiger charge is -2.04. The molecule has 0 bridgehead atoms. The average molecular weight is 233 g/mol. The van der Waals surface area contributed by atoms with Crippen molar-refractivity contribution >= 4 is 11.9 Å². The van der Waals surface area contributed by atoms with Crippen LogP contribution < -0.4 is 0 Å². The van der Waals surface area contributed by atoms with Crippen LogP contribution in [0.3, 0.4) is 0 Å². The zero-order chi connectivity index (χ0) is 12.3. The maximum Gasteiger partial charge on any atom is 0.255 e. The van der Waals surface area contributed by atoms with E-state index in [0.29, 0.717) is 10.3 Å². The Labute approximate surface area is 97.0 Å². The Balaban J connectivity index is 2.41. The summed E-state index contributed by atoms with van der Waals surface area (Å²) in [5.41, 5.74) is 0.278. The lowest BCUT2D eigenvalue weighted by atomic mass is 10.2. The van der Waals surface area contributed by atoms with E-state index in [9.17, 15) is 14.0 Å². The quantitative estimate of drug-likeness (QED) is 0.338. The van der Waals surface area contributed by atoms with Crippen molar-refractivity contribution in [1.29, 1.82) is 0 Å². The zero-order valence-corrected chi connectivity index (χ0v) is 8.81. The van der Waals surface area contributed by atoms with Crippen molar-refractivity contribution in [3.8, 4) is 0 Å². The Kier molecular flexibility index (Phi) is 3.14. The van der Waals surface area contributed by atoms with Crippen molar-refractivity contribution in [3.05, 3.63) is 70.9 Å². The maximum absolute atomic E-state index is 13.3. The summed E-state index contributed by atoms with van der Waals surface area (Å²) in [4.78, 5) is 0. The van der Waals surface area contributed by atoms with Gasteiger partial charge in [0.2, 0.25) is 5.82 Å². The summed E-state index contributed by atoms with van der Waals surface area (Å²) in [6.45, 7) is 0. The molecule has 0 spiro atoms. The molecule has 17 heavy (non-hydrogen) atoms. The summed E-state index contributed by atoms with van der Waals surface area (Å²) in [5.74, 6) is -2.18. The van der Waals surface area contributed by atoms with Crippen LogP contribution in [0.5, 0.6) is 0 Å². The van der Waals surface area contributed by atoms with Gasteiger partial charge in [-0.15, -0.1) is 0 Å². The topological polar surface area (TPSA) is 26.1 Å². The molecule has 0 fully saturated rings. The number of hydrogen-bond donors (Lipinski definition) is 0. The van der Waals surface area contributed by atoms with Gasteiger partial charge in [0.25, 0.3) is 5.69 Å². The minimum absolute atomic E-state index is 0.313.